The Morgan fingerprint density at radius 1 is 1.43 bits per heavy atom. The zero-order chi connectivity index (χ0) is 15.3. The van der Waals surface area contributed by atoms with Crippen LogP contribution in [0.2, 0.25) is 0 Å². The molecular formula is C15H22N2O2S2. The smallest absolute Gasteiger partial charge is 0.147 e. The molecule has 21 heavy (non-hydrogen) atoms. The van der Waals surface area contributed by atoms with E-state index in [9.17, 15) is 8.42 Å². The van der Waals surface area contributed by atoms with E-state index in [-0.39, 0.29) is 11.8 Å². The van der Waals surface area contributed by atoms with Crippen LogP contribution in [-0.2, 0) is 9.84 Å². The molecule has 0 aromatic carbocycles. The molecule has 0 saturated heterocycles. The zero-order valence-electron chi connectivity index (χ0n) is 12.5. The molecule has 1 N–H and O–H groups in total. The molecule has 2 aromatic rings. The first-order chi connectivity index (χ1) is 9.99. The summed E-state index contributed by atoms with van der Waals surface area (Å²) in [6, 6.07) is 4.36. The minimum atomic E-state index is -2.89. The fraction of sp³-hybridized carbons (Fsp3) is 0.533. The van der Waals surface area contributed by atoms with Gasteiger partial charge in [0.05, 0.1) is 10.2 Å². The molecule has 2 aromatic heterocycles. The summed E-state index contributed by atoms with van der Waals surface area (Å²) >= 11 is 1.68. The van der Waals surface area contributed by atoms with Gasteiger partial charge in [-0.2, -0.15) is 0 Å². The topological polar surface area (TPSA) is 59.1 Å². The van der Waals surface area contributed by atoms with Gasteiger partial charge in [0.25, 0.3) is 0 Å². The maximum atomic E-state index is 11.3. The monoisotopic (exact) mass is 326 g/mol. The second-order valence-corrected chi connectivity index (χ2v) is 8.56. The molecule has 6 heteroatoms. The number of pyridine rings is 1. The van der Waals surface area contributed by atoms with E-state index in [1.54, 1.807) is 11.3 Å². The second-order valence-electron chi connectivity index (χ2n) is 5.35. The number of sulfone groups is 1. The van der Waals surface area contributed by atoms with Gasteiger partial charge < -0.3 is 5.32 Å². The molecule has 4 nitrogen and oxygen atoms in total. The largest absolute Gasteiger partial charge is 0.310 e. The zero-order valence-corrected chi connectivity index (χ0v) is 14.1. The van der Waals surface area contributed by atoms with Crippen molar-refractivity contribution in [1.29, 1.82) is 0 Å². The predicted molar refractivity (Wildman–Crippen MR) is 89.6 cm³/mol. The third kappa shape index (κ3) is 5.05. The van der Waals surface area contributed by atoms with Crippen molar-refractivity contribution >= 4 is 31.4 Å². The minimum absolute atomic E-state index is 0.172. The Kier molecular flexibility index (Phi) is 5.72. The molecule has 0 aliphatic rings. The Labute approximate surface area is 130 Å². The van der Waals surface area contributed by atoms with Gasteiger partial charge in [0.1, 0.15) is 9.84 Å². The molecule has 1 unspecified atom stereocenters. The fourth-order valence-corrected chi connectivity index (χ4v) is 3.79. The van der Waals surface area contributed by atoms with E-state index in [1.807, 2.05) is 17.6 Å². The molecule has 0 bridgehead atoms. The summed E-state index contributed by atoms with van der Waals surface area (Å²) in [5.74, 6) is 0.242. The highest BCUT2D eigenvalue weighted by Gasteiger charge is 2.13. The lowest BCUT2D eigenvalue weighted by Gasteiger charge is -2.18. The Morgan fingerprint density at radius 3 is 2.95 bits per heavy atom. The van der Waals surface area contributed by atoms with Gasteiger partial charge in [0.15, 0.2) is 0 Å². The average Bonchev–Trinajstić information content (AvgIpc) is 2.88. The Balaban J connectivity index is 2.10. The summed E-state index contributed by atoms with van der Waals surface area (Å²) in [6.45, 7) is 3.05. The minimum Gasteiger partial charge on any atom is -0.310 e. The molecule has 116 valence electrons. The Bertz CT molecular complexity index is 680. The van der Waals surface area contributed by atoms with Crippen LogP contribution in [0.25, 0.3) is 10.2 Å². The van der Waals surface area contributed by atoms with Crippen molar-refractivity contribution in [3.05, 3.63) is 29.3 Å². The van der Waals surface area contributed by atoms with Crippen LogP contribution in [0.4, 0.5) is 0 Å². The number of fused-ring (bicyclic) bond motifs is 1. The number of thiophene rings is 1. The van der Waals surface area contributed by atoms with Crippen LogP contribution in [0, 0.1) is 0 Å². The van der Waals surface area contributed by atoms with Gasteiger partial charge >= 0.3 is 0 Å². The maximum Gasteiger partial charge on any atom is 0.147 e. The van der Waals surface area contributed by atoms with Crippen LogP contribution in [0.3, 0.4) is 0 Å². The van der Waals surface area contributed by atoms with Crippen molar-refractivity contribution in [3.8, 4) is 0 Å². The lowest BCUT2D eigenvalue weighted by Crippen LogP contribution is -2.23. The normalized spacial score (nSPS) is 13.6. The highest BCUT2D eigenvalue weighted by Crippen LogP contribution is 2.25. The van der Waals surface area contributed by atoms with Crippen LogP contribution in [-0.4, -0.2) is 32.0 Å². The van der Waals surface area contributed by atoms with E-state index in [2.05, 4.69) is 23.3 Å². The first-order valence-electron chi connectivity index (χ1n) is 7.24. The van der Waals surface area contributed by atoms with E-state index in [1.165, 1.54) is 11.0 Å². The summed E-state index contributed by atoms with van der Waals surface area (Å²) in [6.07, 6.45) is 5.73. The molecule has 0 fully saturated rings. The average molecular weight is 326 g/mol. The highest BCUT2D eigenvalue weighted by atomic mass is 32.2. The fourth-order valence-electron chi connectivity index (χ4n) is 2.31. The number of nitrogens with zero attached hydrogens (tertiary/aromatic N) is 1. The molecule has 0 aliphatic carbocycles. The van der Waals surface area contributed by atoms with E-state index < -0.39 is 9.84 Å². The Morgan fingerprint density at radius 2 is 2.24 bits per heavy atom. The predicted octanol–water partition coefficient (Wildman–Crippen LogP) is 3.16. The second kappa shape index (κ2) is 7.33. The van der Waals surface area contributed by atoms with Crippen molar-refractivity contribution in [1.82, 2.24) is 10.3 Å². The van der Waals surface area contributed by atoms with E-state index in [0.29, 0.717) is 6.42 Å². The summed E-state index contributed by atoms with van der Waals surface area (Å²) in [7, 11) is -2.89. The quantitative estimate of drug-likeness (QED) is 0.809. The van der Waals surface area contributed by atoms with Crippen LogP contribution < -0.4 is 5.32 Å². The standard InChI is InChI=1S/C15H22N2O2S2/c1-3-7-16-13(5-4-9-21(2,18)19)12-10-15-14(17-11-12)6-8-20-15/h6,8,10-11,13,16H,3-5,7,9H2,1-2H3. The third-order valence-corrected chi connectivity index (χ3v) is 5.26. The first-order valence-corrected chi connectivity index (χ1v) is 10.2. The molecule has 2 rings (SSSR count). The van der Waals surface area contributed by atoms with Crippen molar-refractivity contribution in [2.24, 2.45) is 0 Å². The molecule has 0 spiro atoms. The van der Waals surface area contributed by atoms with Crippen LogP contribution in [0.15, 0.2) is 23.7 Å². The van der Waals surface area contributed by atoms with Gasteiger partial charge in [0, 0.05) is 24.2 Å². The lowest BCUT2D eigenvalue weighted by atomic mass is 10.0. The molecule has 1 atom stereocenters. The highest BCUT2D eigenvalue weighted by molar-refractivity contribution is 7.90. The molecule has 0 amide bonds. The van der Waals surface area contributed by atoms with E-state index in [4.69, 9.17) is 0 Å². The molecule has 0 aliphatic heterocycles. The SMILES string of the molecule is CCCNC(CCCS(C)(=O)=O)c1cnc2ccsc2c1. The van der Waals surface area contributed by atoms with E-state index in [0.717, 1.165) is 30.5 Å². The van der Waals surface area contributed by atoms with Crippen molar-refractivity contribution < 1.29 is 8.42 Å². The third-order valence-electron chi connectivity index (χ3n) is 3.37. The summed E-state index contributed by atoms with van der Waals surface area (Å²) < 4.78 is 23.7. The summed E-state index contributed by atoms with van der Waals surface area (Å²) in [4.78, 5) is 4.48. The van der Waals surface area contributed by atoms with Crippen molar-refractivity contribution in [2.45, 2.75) is 32.2 Å². The first kappa shape index (κ1) is 16.4. The summed E-state index contributed by atoms with van der Waals surface area (Å²) in [5, 5.41) is 5.54. The maximum absolute atomic E-state index is 11.3. The van der Waals surface area contributed by atoms with Gasteiger partial charge in [-0.25, -0.2) is 8.42 Å². The van der Waals surface area contributed by atoms with Crippen molar-refractivity contribution in [3.63, 3.8) is 0 Å². The van der Waals surface area contributed by atoms with Gasteiger partial charge in [-0.15, -0.1) is 11.3 Å². The Hall–Kier alpha value is -0.980. The van der Waals surface area contributed by atoms with Gasteiger partial charge in [-0.1, -0.05) is 6.92 Å². The van der Waals surface area contributed by atoms with Crippen LogP contribution >= 0.6 is 11.3 Å². The van der Waals surface area contributed by atoms with Crippen molar-refractivity contribution in [2.75, 3.05) is 18.6 Å². The molecule has 0 radical (unpaired) electrons. The van der Waals surface area contributed by atoms with Gasteiger partial charge in [-0.05, 0) is 48.9 Å². The number of aromatic nitrogens is 1. The molecule has 2 heterocycles. The van der Waals surface area contributed by atoms with Gasteiger partial charge in [-0.3, -0.25) is 4.98 Å². The number of nitrogens with one attached hydrogen (secondary N) is 1. The lowest BCUT2D eigenvalue weighted by molar-refractivity contribution is 0.492. The van der Waals surface area contributed by atoms with E-state index >= 15 is 0 Å². The number of rotatable bonds is 8. The molecular weight excluding hydrogens is 304 g/mol. The van der Waals surface area contributed by atoms with Crippen LogP contribution in [0.5, 0.6) is 0 Å². The molecule has 0 saturated carbocycles. The van der Waals surface area contributed by atoms with Crippen LogP contribution in [0.1, 0.15) is 37.8 Å². The number of hydrogen-bond acceptors (Lipinski definition) is 5. The van der Waals surface area contributed by atoms with Gasteiger partial charge in [0.2, 0.25) is 0 Å². The number of hydrogen-bond donors (Lipinski definition) is 1. The summed E-state index contributed by atoms with van der Waals surface area (Å²) in [5.41, 5.74) is 2.17.